The lowest BCUT2D eigenvalue weighted by Gasteiger charge is -2.32. The molecule has 0 aromatic heterocycles. The number of carbonyl (C=O) groups excluding carboxylic acids is 2. The van der Waals surface area contributed by atoms with Gasteiger partial charge in [-0.15, -0.1) is 0 Å². The lowest BCUT2D eigenvalue weighted by atomic mass is 9.84. The van der Waals surface area contributed by atoms with E-state index < -0.39 is 0 Å². The lowest BCUT2D eigenvalue weighted by Crippen LogP contribution is -2.37. The van der Waals surface area contributed by atoms with Crippen molar-refractivity contribution in [3.05, 3.63) is 106 Å². The molecule has 0 bridgehead atoms. The minimum Gasteiger partial charge on any atom is -0.489 e. The first kappa shape index (κ1) is 21.3. The van der Waals surface area contributed by atoms with Crippen molar-refractivity contribution in [3.63, 3.8) is 0 Å². The van der Waals surface area contributed by atoms with Crippen LogP contribution in [0, 0.1) is 6.92 Å². The van der Waals surface area contributed by atoms with Crippen LogP contribution in [0.2, 0.25) is 5.02 Å². The van der Waals surface area contributed by atoms with Crippen molar-refractivity contribution in [3.8, 4) is 5.75 Å². The highest BCUT2D eigenvalue weighted by molar-refractivity contribution is 6.30. The normalized spacial score (nSPS) is 17.8. The van der Waals surface area contributed by atoms with Gasteiger partial charge >= 0.3 is 5.97 Å². The number of hydrogen-bond donors (Lipinski definition) is 0. The standard InChI is InChI=1S/C27H22ClNO4/c1-17-3-2-4-21(13-17)29-24-16-33-27(31)26(24)23(14-25(29)30)19-7-11-22(12-8-19)32-15-18-5-9-20(28)10-6-18/h2-13,23H,14-16H2,1H3. The van der Waals surface area contributed by atoms with E-state index in [1.54, 1.807) is 4.90 Å². The minimum absolute atomic E-state index is 0.0503. The van der Waals surface area contributed by atoms with E-state index >= 15 is 0 Å². The summed E-state index contributed by atoms with van der Waals surface area (Å²) in [5.41, 5.74) is 4.90. The van der Waals surface area contributed by atoms with Gasteiger partial charge < -0.3 is 9.47 Å². The van der Waals surface area contributed by atoms with Crippen molar-refractivity contribution in [2.24, 2.45) is 0 Å². The Bertz CT molecular complexity index is 1250. The minimum atomic E-state index is -0.358. The molecule has 0 radical (unpaired) electrons. The highest BCUT2D eigenvalue weighted by Crippen LogP contribution is 2.42. The number of halogens is 1. The second-order valence-electron chi connectivity index (χ2n) is 8.25. The predicted molar refractivity (Wildman–Crippen MR) is 126 cm³/mol. The molecule has 0 fully saturated rings. The van der Waals surface area contributed by atoms with Crippen molar-refractivity contribution >= 4 is 29.2 Å². The first-order chi connectivity index (χ1) is 16.0. The first-order valence-corrected chi connectivity index (χ1v) is 11.1. The lowest BCUT2D eigenvalue weighted by molar-refractivity contribution is -0.136. The molecule has 0 aliphatic carbocycles. The Morgan fingerprint density at radius 1 is 1.03 bits per heavy atom. The van der Waals surface area contributed by atoms with E-state index in [2.05, 4.69) is 0 Å². The molecule has 0 saturated carbocycles. The van der Waals surface area contributed by atoms with Crippen molar-refractivity contribution in [2.45, 2.75) is 25.9 Å². The number of cyclic esters (lactones) is 1. The number of benzene rings is 3. The van der Waals surface area contributed by atoms with Crippen LogP contribution in [0.3, 0.4) is 0 Å². The molecule has 6 heteroatoms. The van der Waals surface area contributed by atoms with Gasteiger partial charge in [0.05, 0.1) is 11.3 Å². The van der Waals surface area contributed by atoms with Gasteiger partial charge in [0.25, 0.3) is 0 Å². The number of ether oxygens (including phenoxy) is 2. The Morgan fingerprint density at radius 2 is 1.79 bits per heavy atom. The average Bonchev–Trinajstić information content (AvgIpc) is 3.20. The number of aryl methyl sites for hydroxylation is 1. The second-order valence-corrected chi connectivity index (χ2v) is 8.68. The SMILES string of the molecule is Cc1cccc(N2C(=O)CC(c3ccc(OCc4ccc(Cl)cc4)cc3)C3=C2COC3=O)c1. The molecule has 2 aliphatic heterocycles. The van der Waals surface area contributed by atoms with Gasteiger partial charge in [0.1, 0.15) is 19.0 Å². The van der Waals surface area contributed by atoms with Gasteiger partial charge in [0.2, 0.25) is 5.91 Å². The second kappa shape index (κ2) is 8.75. The summed E-state index contributed by atoms with van der Waals surface area (Å²) in [6.07, 6.45) is 0.201. The molecule has 0 spiro atoms. The number of carbonyl (C=O) groups is 2. The fourth-order valence-corrected chi connectivity index (χ4v) is 4.48. The molecule has 5 nitrogen and oxygen atoms in total. The number of hydrogen-bond acceptors (Lipinski definition) is 4. The summed E-state index contributed by atoms with van der Waals surface area (Å²) in [7, 11) is 0. The first-order valence-electron chi connectivity index (χ1n) is 10.8. The van der Waals surface area contributed by atoms with E-state index in [9.17, 15) is 9.59 Å². The summed E-state index contributed by atoms with van der Waals surface area (Å²) in [5, 5.41) is 0.685. The van der Waals surface area contributed by atoms with Crippen molar-refractivity contribution < 1.29 is 19.1 Å². The maximum Gasteiger partial charge on any atom is 0.336 e. The van der Waals surface area contributed by atoms with Crippen LogP contribution >= 0.6 is 11.6 Å². The van der Waals surface area contributed by atoms with Gasteiger partial charge in [-0.25, -0.2) is 4.79 Å². The molecule has 1 amide bonds. The smallest absolute Gasteiger partial charge is 0.336 e. The Kier molecular flexibility index (Phi) is 5.65. The zero-order valence-corrected chi connectivity index (χ0v) is 18.8. The van der Waals surface area contributed by atoms with E-state index in [0.717, 1.165) is 22.4 Å². The van der Waals surface area contributed by atoms with Gasteiger partial charge in [-0.3, -0.25) is 9.69 Å². The highest BCUT2D eigenvalue weighted by Gasteiger charge is 2.42. The van der Waals surface area contributed by atoms with Crippen LogP contribution in [0.4, 0.5) is 5.69 Å². The van der Waals surface area contributed by atoms with E-state index in [4.69, 9.17) is 21.1 Å². The summed E-state index contributed by atoms with van der Waals surface area (Å²) >= 11 is 5.93. The molecule has 3 aromatic rings. The van der Waals surface area contributed by atoms with E-state index in [1.165, 1.54) is 0 Å². The molecule has 5 rings (SSSR count). The maximum atomic E-state index is 13.2. The van der Waals surface area contributed by atoms with Crippen molar-refractivity contribution in [1.82, 2.24) is 0 Å². The number of esters is 1. The third-order valence-electron chi connectivity index (χ3n) is 5.98. The van der Waals surface area contributed by atoms with Crippen LogP contribution in [0.15, 0.2) is 84.1 Å². The fourth-order valence-electron chi connectivity index (χ4n) is 4.35. The summed E-state index contributed by atoms with van der Waals surface area (Å²) < 4.78 is 11.2. The van der Waals surface area contributed by atoms with Crippen LogP contribution in [0.5, 0.6) is 5.75 Å². The summed E-state index contributed by atoms with van der Waals surface area (Å²) in [5.74, 6) is -0.0387. The molecule has 0 N–H and O–H groups in total. The Labute approximate surface area is 197 Å². The number of rotatable bonds is 5. The molecule has 2 heterocycles. The number of anilines is 1. The van der Waals surface area contributed by atoms with Gasteiger partial charge in [0.15, 0.2) is 0 Å². The summed E-state index contributed by atoms with van der Waals surface area (Å²) in [6.45, 7) is 2.50. The molecule has 1 atom stereocenters. The Hall–Kier alpha value is -3.57. The van der Waals surface area contributed by atoms with Crippen LogP contribution in [-0.2, 0) is 20.9 Å². The third kappa shape index (κ3) is 4.24. The molecule has 2 aliphatic rings. The van der Waals surface area contributed by atoms with E-state index in [-0.39, 0.29) is 30.8 Å². The van der Waals surface area contributed by atoms with Crippen LogP contribution < -0.4 is 9.64 Å². The maximum absolute atomic E-state index is 13.2. The van der Waals surface area contributed by atoms with Gasteiger partial charge in [-0.2, -0.15) is 0 Å². The molecular weight excluding hydrogens is 438 g/mol. The van der Waals surface area contributed by atoms with Crippen LogP contribution in [0.25, 0.3) is 0 Å². The number of nitrogens with zero attached hydrogens (tertiary/aromatic N) is 1. The summed E-state index contributed by atoms with van der Waals surface area (Å²) in [4.78, 5) is 27.5. The topological polar surface area (TPSA) is 55.8 Å². The number of amides is 1. The largest absolute Gasteiger partial charge is 0.489 e. The quantitative estimate of drug-likeness (QED) is 0.469. The van der Waals surface area contributed by atoms with E-state index in [0.29, 0.717) is 28.6 Å². The Morgan fingerprint density at radius 3 is 2.52 bits per heavy atom. The fraction of sp³-hybridized carbons (Fsp3) is 0.185. The monoisotopic (exact) mass is 459 g/mol. The third-order valence-corrected chi connectivity index (χ3v) is 6.23. The summed E-state index contributed by atoms with van der Waals surface area (Å²) in [6, 6.07) is 22.8. The molecule has 3 aromatic carbocycles. The molecule has 33 heavy (non-hydrogen) atoms. The zero-order chi connectivity index (χ0) is 22.9. The van der Waals surface area contributed by atoms with Gasteiger partial charge in [0, 0.05) is 23.0 Å². The molecular formula is C27H22ClNO4. The predicted octanol–water partition coefficient (Wildman–Crippen LogP) is 5.56. The molecule has 166 valence electrons. The van der Waals surface area contributed by atoms with Crippen LogP contribution in [0.1, 0.15) is 29.0 Å². The molecule has 1 unspecified atom stereocenters. The van der Waals surface area contributed by atoms with Crippen molar-refractivity contribution in [1.29, 1.82) is 0 Å². The van der Waals surface area contributed by atoms with Crippen LogP contribution in [-0.4, -0.2) is 18.5 Å². The zero-order valence-electron chi connectivity index (χ0n) is 18.1. The average molecular weight is 460 g/mol. The van der Waals surface area contributed by atoms with Crippen molar-refractivity contribution in [2.75, 3.05) is 11.5 Å². The highest BCUT2D eigenvalue weighted by atomic mass is 35.5. The molecule has 0 saturated heterocycles. The van der Waals surface area contributed by atoms with Gasteiger partial charge in [-0.1, -0.05) is 48.0 Å². The van der Waals surface area contributed by atoms with Gasteiger partial charge in [-0.05, 0) is 60.0 Å². The van der Waals surface area contributed by atoms with E-state index in [1.807, 2.05) is 79.7 Å². The Balaban J connectivity index is 1.39.